The Morgan fingerprint density at radius 1 is 0.255 bits per heavy atom. The van der Waals surface area contributed by atoms with E-state index in [0.717, 1.165) is 40.7 Å². The van der Waals surface area contributed by atoms with Crippen LogP contribution in [0.2, 0.25) is 0 Å². The largest absolute Gasteiger partial charge is 0.335 e. The van der Waals surface area contributed by atoms with Crippen molar-refractivity contribution in [2.45, 2.75) is 276 Å². The van der Waals surface area contributed by atoms with Gasteiger partial charge in [0.2, 0.25) is 35.4 Å². The van der Waals surface area contributed by atoms with Crippen molar-refractivity contribution in [3.8, 4) is 0 Å². The van der Waals surface area contributed by atoms with E-state index in [1.807, 2.05) is 204 Å². The number of amides is 6. The van der Waals surface area contributed by atoms with Crippen molar-refractivity contribution >= 4 is 70.1 Å². The number of nitrogens with two attached hydrogens (primary N) is 3. The second-order valence-electron chi connectivity index (χ2n) is 42.7. The highest BCUT2D eigenvalue weighted by molar-refractivity contribution is 5.92. The minimum atomic E-state index is -0.738. The van der Waals surface area contributed by atoms with Crippen molar-refractivity contribution in [3.05, 3.63) is 215 Å². The summed E-state index contributed by atoms with van der Waals surface area (Å²) in [4.78, 5) is 189. The summed E-state index contributed by atoms with van der Waals surface area (Å²) in [5.41, 5.74) is 23.5. The van der Waals surface area contributed by atoms with Crippen LogP contribution < -0.4 is 17.2 Å². The Kier molecular flexibility index (Phi) is 53.7. The summed E-state index contributed by atoms with van der Waals surface area (Å²) in [6.07, 6.45) is 11.5. The fraction of sp³-hybridized carbons (Fsp3) is 0.586. The van der Waals surface area contributed by atoms with Gasteiger partial charge in [-0.3, -0.25) is 57.5 Å². The number of carbonyl (C=O) groups excluding carboxylic acids is 12. The van der Waals surface area contributed by atoms with Gasteiger partial charge in [-0.05, 0) is 214 Å². The van der Waals surface area contributed by atoms with Crippen LogP contribution in [0.1, 0.15) is 271 Å². The minimum Gasteiger partial charge on any atom is -0.335 e. The molecule has 6 aromatic rings. The number of unbranched alkanes of at least 4 members (excludes halogenated alkanes) is 3. The summed E-state index contributed by atoms with van der Waals surface area (Å²) < 4.78 is 0. The van der Waals surface area contributed by atoms with Crippen molar-refractivity contribution in [1.82, 2.24) is 29.4 Å². The molecule has 0 spiro atoms. The van der Waals surface area contributed by atoms with E-state index < -0.39 is 29.1 Å². The maximum Gasteiger partial charge on any atom is 0.223 e. The predicted molar refractivity (Wildman–Crippen MR) is 553 cm³/mol. The molecule has 0 saturated carbocycles. The minimum absolute atomic E-state index is 0.0148. The number of hydrogen-bond acceptors (Lipinski definition) is 15. The molecular weight excluding hydrogens is 1710 g/mol. The number of hydrogen-bond donors (Lipinski definition) is 3. The zero-order valence-corrected chi connectivity index (χ0v) is 85.7. The predicted octanol–water partition coefficient (Wildman–Crippen LogP) is 18.8. The van der Waals surface area contributed by atoms with Crippen LogP contribution in [0.25, 0.3) is 0 Å². The van der Waals surface area contributed by atoms with Gasteiger partial charge in [-0.1, -0.05) is 284 Å². The molecule has 0 heterocycles. The molecular formula is C116H171N9O12. The molecule has 0 bridgehead atoms. The second kappa shape index (κ2) is 63.6. The molecule has 0 aromatic heterocycles. The Bertz CT molecular complexity index is 4540. The van der Waals surface area contributed by atoms with Gasteiger partial charge in [0.1, 0.15) is 0 Å². The Hall–Kier alpha value is -9.96. The number of carbonyl (C=O) groups is 12. The topological polar surface area (TPSA) is 302 Å². The maximum atomic E-state index is 15.5. The summed E-state index contributed by atoms with van der Waals surface area (Å²) in [5, 5.41) is 0. The average molecular weight is 1880 g/mol. The average Bonchev–Trinajstić information content (AvgIpc) is 0.850. The number of rotatable bonds is 71. The first-order valence-corrected chi connectivity index (χ1v) is 51.5. The molecule has 0 radical (unpaired) electrons. The van der Waals surface area contributed by atoms with E-state index >= 15 is 38.4 Å². The SMILES string of the molecule is CC(C)CCC(=O)N(CC(=O)C[C@@H](CCCCN)CN(CC(=O)C[C@@H](CCCCN)CN(CC(=O)C[C@@H](CCCCN)CN(CC(=O)C(C)(C)C)C(=O)CCc1ccccc1)C(=O)CCc1ccccc1)C(=O)CCc1ccccc1)C[C@@H](CC(=O)CN(C[C@@H](CC(=O)CN(C[C@H](Cc1ccccc1)CC(C)(C)C)C(=O)CCC(C)C)Cc1ccccc1)C(=O)CCC(C)C)Cc1ccccc1. The lowest BCUT2D eigenvalue weighted by Gasteiger charge is -2.32. The Balaban J connectivity index is 1.31. The Morgan fingerprint density at radius 3 is 0.701 bits per heavy atom. The molecule has 6 aromatic carbocycles. The molecule has 0 saturated heterocycles. The zero-order valence-electron chi connectivity index (χ0n) is 85.7. The summed E-state index contributed by atoms with van der Waals surface area (Å²) in [6.45, 7) is 25.1. The van der Waals surface area contributed by atoms with Crippen LogP contribution in [0.5, 0.6) is 0 Å². The molecule has 0 unspecified atom stereocenters. The summed E-state index contributed by atoms with van der Waals surface area (Å²) >= 11 is 0. The van der Waals surface area contributed by atoms with Crippen LogP contribution >= 0.6 is 0 Å². The molecule has 21 nitrogen and oxygen atoms in total. The van der Waals surface area contributed by atoms with E-state index in [1.165, 1.54) is 5.56 Å². The normalized spacial score (nSPS) is 13.0. The van der Waals surface area contributed by atoms with Crippen LogP contribution in [0.4, 0.5) is 0 Å². The molecule has 6 atom stereocenters. The molecule has 21 heteroatoms. The van der Waals surface area contributed by atoms with Gasteiger partial charge in [-0.15, -0.1) is 0 Å². The third-order valence-electron chi connectivity index (χ3n) is 26.0. The maximum absolute atomic E-state index is 15.5. The lowest BCUT2D eigenvalue weighted by molar-refractivity contribution is -0.139. The lowest BCUT2D eigenvalue weighted by atomic mass is 9.81. The zero-order chi connectivity index (χ0) is 100. The highest BCUT2D eigenvalue weighted by atomic mass is 16.2. The monoisotopic (exact) mass is 1880 g/mol. The Morgan fingerprint density at radius 2 is 0.467 bits per heavy atom. The van der Waals surface area contributed by atoms with Gasteiger partial charge in [0.25, 0.3) is 0 Å². The molecule has 0 aliphatic heterocycles. The van der Waals surface area contributed by atoms with E-state index in [0.29, 0.717) is 142 Å². The fourth-order valence-electron chi connectivity index (χ4n) is 18.5. The van der Waals surface area contributed by atoms with Crippen molar-refractivity contribution in [2.75, 3.05) is 98.2 Å². The van der Waals surface area contributed by atoms with E-state index in [1.54, 1.807) is 29.4 Å². The second-order valence-corrected chi connectivity index (χ2v) is 42.7. The summed E-state index contributed by atoms with van der Waals surface area (Å²) in [5.74, 6) is -4.14. The first kappa shape index (κ1) is 116. The van der Waals surface area contributed by atoms with Crippen molar-refractivity contribution in [1.29, 1.82) is 0 Å². The summed E-state index contributed by atoms with van der Waals surface area (Å²) in [6, 6.07) is 58.8. The molecule has 0 aliphatic rings. The molecule has 0 fully saturated rings. The standard InChI is InChI=1S/C116H171N9O12/c1-88(2)52-58-109(132)122(79-100(67-94-43-25-16-26-44-94)73-106(129)85-123(110(133)59-53-89(3)4)80-101(68-95-45-27-17-28-46-95)74-107(130)86-124(111(134)60-54-90(5)6)81-102(75-115(7,8)9)69-96-47-29-18-30-48-96)84-105(128)71-98(50-32-35-65-118)77-120(112(135)61-55-91-37-19-13-20-38-91)82-103(126)70-97(49-31-34-64-117)76-121(113(136)62-56-92-39-21-14-22-40-92)83-104(127)72-99(51-33-36-66-119)78-125(87-108(131)116(10,11)12)114(137)63-57-93-41-23-15-24-42-93/h13-30,37-48,88-90,97-102H,31-36,49-87,117-119H2,1-12H3/t97-,98-,99-,100-,101-,102-/m1/s1. The van der Waals surface area contributed by atoms with Gasteiger partial charge in [0.15, 0.2) is 34.7 Å². The Labute approximate surface area is 822 Å². The smallest absolute Gasteiger partial charge is 0.223 e. The fourth-order valence-corrected chi connectivity index (χ4v) is 18.5. The van der Waals surface area contributed by atoms with Gasteiger partial charge in [0, 0.05) is 115 Å². The molecule has 6 rings (SSSR count). The van der Waals surface area contributed by atoms with Gasteiger partial charge in [0.05, 0.1) is 39.3 Å². The van der Waals surface area contributed by atoms with E-state index in [4.69, 9.17) is 17.2 Å². The number of benzene rings is 6. The molecule has 0 aliphatic carbocycles. The number of nitrogens with zero attached hydrogens (tertiary/aromatic N) is 6. The first-order valence-electron chi connectivity index (χ1n) is 51.5. The highest BCUT2D eigenvalue weighted by Gasteiger charge is 2.35. The van der Waals surface area contributed by atoms with E-state index in [-0.39, 0.29) is 241 Å². The van der Waals surface area contributed by atoms with Crippen molar-refractivity contribution in [3.63, 3.8) is 0 Å². The third-order valence-corrected chi connectivity index (χ3v) is 26.0. The number of ketones is 6. The van der Waals surface area contributed by atoms with Gasteiger partial charge in [-0.25, -0.2) is 0 Å². The van der Waals surface area contributed by atoms with Gasteiger partial charge in [-0.2, -0.15) is 0 Å². The van der Waals surface area contributed by atoms with Crippen molar-refractivity contribution < 1.29 is 57.5 Å². The van der Waals surface area contributed by atoms with Gasteiger partial charge < -0.3 is 46.6 Å². The highest BCUT2D eigenvalue weighted by Crippen LogP contribution is 2.31. The van der Waals surface area contributed by atoms with E-state index in [9.17, 15) is 19.2 Å². The van der Waals surface area contributed by atoms with Crippen molar-refractivity contribution in [2.24, 2.45) is 81.3 Å². The quantitative estimate of drug-likeness (QED) is 0.0299. The number of aryl methyl sites for hydroxylation is 3. The number of Topliss-reactive ketones (excluding diaryl/α,β-unsaturated/α-hetero) is 6. The van der Waals surface area contributed by atoms with E-state index in [2.05, 4.69) is 60.6 Å². The molecule has 137 heavy (non-hydrogen) atoms. The molecule has 6 N–H and O–H groups in total. The lowest BCUT2D eigenvalue weighted by Crippen LogP contribution is -2.44. The molecule has 6 amide bonds. The van der Waals surface area contributed by atoms with Crippen LogP contribution in [0.15, 0.2) is 182 Å². The first-order chi connectivity index (χ1) is 65.4. The van der Waals surface area contributed by atoms with Crippen LogP contribution in [-0.2, 0) is 96.1 Å². The third kappa shape index (κ3) is 49.4. The van der Waals surface area contributed by atoms with Crippen LogP contribution in [-0.4, -0.2) is 198 Å². The van der Waals surface area contributed by atoms with Gasteiger partial charge >= 0.3 is 0 Å². The van der Waals surface area contributed by atoms with Crippen LogP contribution in [0, 0.1) is 64.1 Å². The summed E-state index contributed by atoms with van der Waals surface area (Å²) in [7, 11) is 0. The van der Waals surface area contributed by atoms with Crippen LogP contribution in [0.3, 0.4) is 0 Å². The molecule has 752 valence electrons.